The maximum Gasteiger partial charge on any atom is 0.160 e. The highest BCUT2D eigenvalue weighted by Crippen LogP contribution is 2.56. The monoisotopic (exact) mass is 573 g/mol. The normalized spacial score (nSPS) is 13.5. The fraction of sp³-hybridized carbons (Fsp3) is 0.0233. The zero-order valence-electron chi connectivity index (χ0n) is 24.4. The van der Waals surface area contributed by atoms with Crippen LogP contribution in [0.5, 0.6) is 0 Å². The molecule has 2 nitrogen and oxygen atoms in total. The van der Waals surface area contributed by atoms with E-state index in [0.717, 1.165) is 33.1 Å². The molecule has 2 heteroatoms. The Balaban J connectivity index is 1.26. The van der Waals surface area contributed by atoms with Gasteiger partial charge in [-0.15, -0.1) is 0 Å². The number of hydrogen-bond acceptors (Lipinski definition) is 1. The van der Waals surface area contributed by atoms with E-state index in [4.69, 9.17) is 4.42 Å². The fourth-order valence-corrected chi connectivity index (χ4v) is 8.07. The second-order valence-corrected chi connectivity index (χ2v) is 12.0. The first-order valence-electron chi connectivity index (χ1n) is 15.5. The van der Waals surface area contributed by atoms with Gasteiger partial charge >= 0.3 is 0 Å². The second kappa shape index (κ2) is 9.07. The number of benzene rings is 7. The van der Waals surface area contributed by atoms with Crippen LogP contribution in [0.15, 0.2) is 168 Å². The molecule has 45 heavy (non-hydrogen) atoms. The van der Waals surface area contributed by atoms with Crippen molar-refractivity contribution in [2.45, 2.75) is 5.41 Å². The van der Waals surface area contributed by atoms with Gasteiger partial charge in [0.25, 0.3) is 0 Å². The first-order chi connectivity index (χ1) is 22.3. The van der Waals surface area contributed by atoms with E-state index in [1.54, 1.807) is 0 Å². The third-order valence-corrected chi connectivity index (χ3v) is 9.90. The Hall–Kier alpha value is -5.86. The van der Waals surface area contributed by atoms with E-state index in [-0.39, 0.29) is 0 Å². The molecule has 0 atom stereocenters. The summed E-state index contributed by atoms with van der Waals surface area (Å²) in [6.45, 7) is 0. The van der Waals surface area contributed by atoms with E-state index in [0.29, 0.717) is 0 Å². The predicted molar refractivity (Wildman–Crippen MR) is 185 cm³/mol. The zero-order chi connectivity index (χ0) is 29.5. The van der Waals surface area contributed by atoms with E-state index in [2.05, 4.69) is 162 Å². The molecule has 0 amide bonds. The maximum absolute atomic E-state index is 6.59. The van der Waals surface area contributed by atoms with Gasteiger partial charge in [-0.2, -0.15) is 0 Å². The van der Waals surface area contributed by atoms with E-state index >= 15 is 0 Å². The molecule has 0 saturated carbocycles. The molecule has 210 valence electrons. The van der Waals surface area contributed by atoms with Gasteiger partial charge in [-0.25, -0.2) is 0 Å². The minimum Gasteiger partial charge on any atom is -0.454 e. The molecule has 0 spiro atoms. The van der Waals surface area contributed by atoms with Gasteiger partial charge in [0.2, 0.25) is 0 Å². The van der Waals surface area contributed by atoms with E-state index in [9.17, 15) is 0 Å². The molecule has 0 N–H and O–H groups in total. The van der Waals surface area contributed by atoms with Gasteiger partial charge in [0.05, 0.1) is 16.4 Å². The van der Waals surface area contributed by atoms with Gasteiger partial charge in [0, 0.05) is 27.2 Å². The molecule has 1 aliphatic rings. The summed E-state index contributed by atoms with van der Waals surface area (Å²) in [5.41, 5.74) is 12.6. The summed E-state index contributed by atoms with van der Waals surface area (Å²) >= 11 is 0. The number of hydrogen-bond donors (Lipinski definition) is 0. The molecule has 0 saturated heterocycles. The Morgan fingerprint density at radius 3 is 1.76 bits per heavy atom. The van der Waals surface area contributed by atoms with Crippen molar-refractivity contribution in [3.8, 4) is 16.8 Å². The quantitative estimate of drug-likeness (QED) is 0.206. The molecule has 9 aromatic rings. The number of aromatic nitrogens is 1. The average Bonchev–Trinajstić information content (AvgIpc) is 3.76. The molecule has 0 bridgehead atoms. The van der Waals surface area contributed by atoms with Gasteiger partial charge in [0.1, 0.15) is 5.58 Å². The first-order valence-corrected chi connectivity index (χ1v) is 15.5. The summed E-state index contributed by atoms with van der Waals surface area (Å²) in [4.78, 5) is 0. The van der Waals surface area contributed by atoms with Gasteiger partial charge in [-0.1, -0.05) is 133 Å². The van der Waals surface area contributed by atoms with E-state index in [1.165, 1.54) is 49.7 Å². The molecule has 0 unspecified atom stereocenters. The highest BCUT2D eigenvalue weighted by molar-refractivity contribution is 6.21. The van der Waals surface area contributed by atoms with Crippen molar-refractivity contribution in [2.24, 2.45) is 0 Å². The Morgan fingerprint density at radius 2 is 1.00 bits per heavy atom. The third kappa shape index (κ3) is 3.18. The topological polar surface area (TPSA) is 18.1 Å². The lowest BCUT2D eigenvalue weighted by Crippen LogP contribution is -2.28. The predicted octanol–water partition coefficient (Wildman–Crippen LogP) is 11.0. The van der Waals surface area contributed by atoms with Crippen LogP contribution in [0, 0.1) is 0 Å². The SMILES string of the molecule is c1ccc(C2(c3ccc(-n4c5ccccc5c5ccc6c7ccccc7oc6c54)cc3)c3ccccc3-c3ccccc32)cc1. The number of fused-ring (bicyclic) bond motifs is 10. The van der Waals surface area contributed by atoms with Crippen LogP contribution >= 0.6 is 0 Å². The number of nitrogens with zero attached hydrogens (tertiary/aromatic N) is 1. The molecule has 2 aromatic heterocycles. The first kappa shape index (κ1) is 24.6. The Bertz CT molecular complexity index is 2540. The average molecular weight is 574 g/mol. The second-order valence-electron chi connectivity index (χ2n) is 12.0. The summed E-state index contributed by atoms with van der Waals surface area (Å²) in [5, 5.41) is 4.70. The lowest BCUT2D eigenvalue weighted by Gasteiger charge is -2.34. The van der Waals surface area contributed by atoms with Crippen LogP contribution in [0.3, 0.4) is 0 Å². The highest BCUT2D eigenvalue weighted by Gasteiger charge is 2.45. The Kier molecular flexibility index (Phi) is 4.95. The summed E-state index contributed by atoms with van der Waals surface area (Å²) < 4.78 is 8.97. The number of para-hydroxylation sites is 2. The van der Waals surface area contributed by atoms with Crippen LogP contribution in [0.25, 0.3) is 60.6 Å². The largest absolute Gasteiger partial charge is 0.454 e. The van der Waals surface area contributed by atoms with Crippen LogP contribution in [0.4, 0.5) is 0 Å². The minimum absolute atomic E-state index is 0.417. The summed E-state index contributed by atoms with van der Waals surface area (Å²) in [6.07, 6.45) is 0. The summed E-state index contributed by atoms with van der Waals surface area (Å²) in [5.74, 6) is 0. The van der Waals surface area contributed by atoms with Gasteiger partial charge in [-0.05, 0) is 63.7 Å². The molecule has 0 fully saturated rings. The molecule has 10 rings (SSSR count). The van der Waals surface area contributed by atoms with Crippen LogP contribution in [0.2, 0.25) is 0 Å². The third-order valence-electron chi connectivity index (χ3n) is 9.90. The van der Waals surface area contributed by atoms with E-state index < -0.39 is 5.41 Å². The molecule has 1 aliphatic carbocycles. The molecule has 7 aromatic carbocycles. The zero-order valence-corrected chi connectivity index (χ0v) is 24.4. The van der Waals surface area contributed by atoms with Gasteiger partial charge in [-0.3, -0.25) is 0 Å². The smallest absolute Gasteiger partial charge is 0.160 e. The Labute approximate surface area is 260 Å². The van der Waals surface area contributed by atoms with Crippen molar-refractivity contribution < 1.29 is 4.42 Å². The van der Waals surface area contributed by atoms with Crippen LogP contribution < -0.4 is 0 Å². The van der Waals surface area contributed by atoms with Crippen molar-refractivity contribution in [2.75, 3.05) is 0 Å². The van der Waals surface area contributed by atoms with Crippen LogP contribution in [-0.4, -0.2) is 4.57 Å². The fourth-order valence-electron chi connectivity index (χ4n) is 8.07. The Morgan fingerprint density at radius 1 is 0.422 bits per heavy atom. The van der Waals surface area contributed by atoms with Crippen LogP contribution in [0.1, 0.15) is 22.3 Å². The van der Waals surface area contributed by atoms with Gasteiger partial charge in [0.15, 0.2) is 5.58 Å². The number of rotatable bonds is 3. The highest BCUT2D eigenvalue weighted by atomic mass is 16.3. The molecule has 0 radical (unpaired) electrons. The van der Waals surface area contributed by atoms with Crippen molar-refractivity contribution >= 4 is 43.7 Å². The van der Waals surface area contributed by atoms with Crippen molar-refractivity contribution in [3.63, 3.8) is 0 Å². The summed E-state index contributed by atoms with van der Waals surface area (Å²) in [6, 6.07) is 59.5. The van der Waals surface area contributed by atoms with Crippen molar-refractivity contribution in [1.29, 1.82) is 0 Å². The lowest BCUT2D eigenvalue weighted by atomic mass is 9.68. The standard InChI is InChI=1S/C43H27NO/c1-2-12-28(13-3-1)43(37-18-8-4-14-31(37)32-15-5-9-19-38(32)43)29-22-24-30(25-23-29)44-39-20-10-6-16-33(39)35-26-27-36-34-17-7-11-21-40(34)45-42(36)41(35)44/h1-27H. The maximum atomic E-state index is 6.59. The minimum atomic E-state index is -0.417. The van der Waals surface area contributed by atoms with Gasteiger partial charge < -0.3 is 8.98 Å². The van der Waals surface area contributed by atoms with Crippen molar-refractivity contribution in [3.05, 3.63) is 186 Å². The van der Waals surface area contributed by atoms with E-state index in [1.807, 2.05) is 6.07 Å². The number of furan rings is 1. The summed E-state index contributed by atoms with van der Waals surface area (Å²) in [7, 11) is 0. The molecular weight excluding hydrogens is 546 g/mol. The molecular formula is C43H27NO. The lowest BCUT2D eigenvalue weighted by molar-refractivity contribution is 0.671. The molecule has 0 aliphatic heterocycles. The van der Waals surface area contributed by atoms with Crippen molar-refractivity contribution in [1.82, 2.24) is 4.57 Å². The molecule has 2 heterocycles. The van der Waals surface area contributed by atoms with Crippen LogP contribution in [-0.2, 0) is 5.41 Å².